The van der Waals surface area contributed by atoms with Crippen molar-refractivity contribution < 1.29 is 8.42 Å². The van der Waals surface area contributed by atoms with E-state index < -0.39 is 10.0 Å². The molecule has 4 aromatic rings. The lowest BCUT2D eigenvalue weighted by atomic mass is 10.0. The first kappa shape index (κ1) is 20.1. The lowest BCUT2D eigenvalue weighted by Crippen LogP contribution is -2.11. The molecule has 0 aliphatic rings. The maximum Gasteiger partial charge on any atom is 0.238 e. The highest BCUT2D eigenvalue weighted by Gasteiger charge is 2.17. The van der Waals surface area contributed by atoms with Gasteiger partial charge < -0.3 is 0 Å². The zero-order valence-corrected chi connectivity index (χ0v) is 17.9. The maximum atomic E-state index is 13.4. The molecule has 0 fully saturated rings. The van der Waals surface area contributed by atoms with Gasteiger partial charge in [-0.3, -0.25) is 4.79 Å². The largest absolute Gasteiger partial charge is 0.288 e. The molecule has 0 spiro atoms. The molecule has 0 saturated heterocycles. The molecule has 3 aromatic carbocycles. The average Bonchev–Trinajstić information content (AvgIpc) is 2.70. The van der Waals surface area contributed by atoms with Gasteiger partial charge in [-0.15, -0.1) is 11.3 Å². The van der Waals surface area contributed by atoms with Gasteiger partial charge in [-0.05, 0) is 47.5 Å². The topological polar surface area (TPSA) is 77.2 Å². The normalized spacial score (nSPS) is 11.7. The summed E-state index contributed by atoms with van der Waals surface area (Å²) in [7, 11) is -3.81. The van der Waals surface area contributed by atoms with Gasteiger partial charge in [0.2, 0.25) is 10.0 Å². The molecule has 1 aromatic heterocycles. The summed E-state index contributed by atoms with van der Waals surface area (Å²) in [6, 6.07) is 18.5. The Morgan fingerprint density at radius 1 is 0.828 bits per heavy atom. The fourth-order valence-corrected chi connectivity index (χ4v) is 5.07. The number of hydrogen-bond acceptors (Lipinski definition) is 4. The van der Waals surface area contributed by atoms with Crippen LogP contribution in [0.3, 0.4) is 0 Å². The van der Waals surface area contributed by atoms with E-state index >= 15 is 0 Å². The number of halogens is 2. The third-order valence-electron chi connectivity index (χ3n) is 4.45. The van der Waals surface area contributed by atoms with Gasteiger partial charge in [-0.1, -0.05) is 53.5 Å². The van der Waals surface area contributed by atoms with Gasteiger partial charge in [0.25, 0.3) is 0 Å². The number of nitrogens with two attached hydrogens (primary N) is 1. The van der Waals surface area contributed by atoms with Crippen molar-refractivity contribution in [2.75, 3.05) is 0 Å². The second-order valence-electron chi connectivity index (χ2n) is 6.33. The van der Waals surface area contributed by atoms with Crippen LogP contribution in [0.25, 0.3) is 31.7 Å². The monoisotopic (exact) mass is 461 g/mol. The number of hydrogen-bond donors (Lipinski definition) is 1. The van der Waals surface area contributed by atoms with Crippen molar-refractivity contribution in [3.8, 4) is 21.6 Å². The summed E-state index contributed by atoms with van der Waals surface area (Å²) in [5.74, 6) is 0. The predicted octanol–water partition coefficient (Wildman–Crippen LogP) is 5.55. The summed E-state index contributed by atoms with van der Waals surface area (Å²) in [4.78, 5) is 14.1. The van der Waals surface area contributed by atoms with Crippen LogP contribution >= 0.6 is 34.5 Å². The van der Waals surface area contributed by atoms with Gasteiger partial charge in [0.15, 0.2) is 5.43 Å². The van der Waals surface area contributed by atoms with E-state index in [1.807, 2.05) is 18.2 Å². The number of benzene rings is 3. The second-order valence-corrected chi connectivity index (χ2v) is 9.76. The Labute approximate surface area is 181 Å². The van der Waals surface area contributed by atoms with Crippen molar-refractivity contribution in [3.05, 3.63) is 87.0 Å². The van der Waals surface area contributed by atoms with Crippen LogP contribution in [0.2, 0.25) is 10.0 Å². The fraction of sp³-hybridized carbons (Fsp3) is 0. The summed E-state index contributed by atoms with van der Waals surface area (Å²) in [5.41, 5.74) is 1.68. The van der Waals surface area contributed by atoms with E-state index in [1.54, 1.807) is 36.4 Å². The number of sulfonamides is 1. The summed E-state index contributed by atoms with van der Waals surface area (Å²) >= 11 is 13.7. The van der Waals surface area contributed by atoms with Gasteiger partial charge >= 0.3 is 0 Å². The first-order valence-electron chi connectivity index (χ1n) is 8.40. The Hall–Kier alpha value is -2.22. The van der Waals surface area contributed by atoms with E-state index in [0.29, 0.717) is 37.0 Å². The lowest BCUT2D eigenvalue weighted by Gasteiger charge is -2.12. The number of fused-ring (bicyclic) bond motifs is 1. The molecule has 1 heterocycles. The quantitative estimate of drug-likeness (QED) is 0.434. The summed E-state index contributed by atoms with van der Waals surface area (Å²) < 4.78 is 24.0. The highest BCUT2D eigenvalue weighted by molar-refractivity contribution is 7.89. The highest BCUT2D eigenvalue weighted by atomic mass is 35.5. The van der Waals surface area contributed by atoms with Gasteiger partial charge in [0.05, 0.1) is 14.9 Å². The first-order valence-corrected chi connectivity index (χ1v) is 11.5. The molecule has 29 heavy (non-hydrogen) atoms. The molecule has 146 valence electrons. The van der Waals surface area contributed by atoms with Crippen LogP contribution in [-0.4, -0.2) is 8.42 Å². The molecule has 2 N–H and O–H groups in total. The van der Waals surface area contributed by atoms with E-state index in [0.717, 1.165) is 4.70 Å². The van der Waals surface area contributed by atoms with Crippen molar-refractivity contribution in [1.82, 2.24) is 0 Å². The van der Waals surface area contributed by atoms with E-state index in [4.69, 9.17) is 28.3 Å². The minimum atomic E-state index is -3.81. The molecule has 0 unspecified atom stereocenters. The molecule has 0 saturated carbocycles. The lowest BCUT2D eigenvalue weighted by molar-refractivity contribution is 0.598. The molecule has 0 bridgehead atoms. The van der Waals surface area contributed by atoms with Crippen molar-refractivity contribution in [3.63, 3.8) is 0 Å². The summed E-state index contributed by atoms with van der Waals surface area (Å²) in [6.45, 7) is 0. The molecule has 0 aliphatic carbocycles. The molecular formula is C21H13Cl2NO3S2. The molecule has 8 heteroatoms. The van der Waals surface area contributed by atoms with E-state index in [-0.39, 0.29) is 10.3 Å². The SMILES string of the molecule is NS(=O)(=O)c1ccc(-c2sc3ccccc3c(=O)c2-c2ccc(Cl)c(Cl)c2)cc1. The van der Waals surface area contributed by atoms with Gasteiger partial charge in [-0.2, -0.15) is 0 Å². The zero-order chi connectivity index (χ0) is 20.8. The van der Waals surface area contributed by atoms with Crippen molar-refractivity contribution >= 4 is 54.6 Å². The van der Waals surface area contributed by atoms with Gasteiger partial charge in [-0.25, -0.2) is 13.6 Å². The Morgan fingerprint density at radius 2 is 1.48 bits per heavy atom. The highest BCUT2D eigenvalue weighted by Crippen LogP contribution is 2.38. The van der Waals surface area contributed by atoms with Crippen LogP contribution in [0.1, 0.15) is 0 Å². The summed E-state index contributed by atoms with van der Waals surface area (Å²) in [6.07, 6.45) is 0. The zero-order valence-electron chi connectivity index (χ0n) is 14.7. The van der Waals surface area contributed by atoms with E-state index in [1.165, 1.54) is 23.5 Å². The second kappa shape index (κ2) is 7.55. The van der Waals surface area contributed by atoms with Crippen LogP contribution in [0.5, 0.6) is 0 Å². The third-order valence-corrected chi connectivity index (χ3v) is 7.34. The van der Waals surface area contributed by atoms with Crippen LogP contribution in [0, 0.1) is 0 Å². The third kappa shape index (κ3) is 3.82. The molecule has 0 aliphatic heterocycles. The Bertz CT molecular complexity index is 1410. The molecule has 0 radical (unpaired) electrons. The van der Waals surface area contributed by atoms with Crippen LogP contribution < -0.4 is 10.6 Å². The number of primary sulfonamides is 1. The Morgan fingerprint density at radius 3 is 2.14 bits per heavy atom. The standard InChI is InChI=1S/C21H13Cl2NO3S2/c22-16-10-7-13(11-17(16)23)19-20(25)15-3-1-2-4-18(15)28-21(19)12-5-8-14(9-6-12)29(24,26)27/h1-11H,(H2,24,26,27). The van der Waals surface area contributed by atoms with Gasteiger partial charge in [0, 0.05) is 20.5 Å². The Balaban J connectivity index is 2.04. The maximum absolute atomic E-state index is 13.4. The van der Waals surface area contributed by atoms with Gasteiger partial charge in [0.1, 0.15) is 0 Å². The first-order chi connectivity index (χ1) is 13.8. The van der Waals surface area contributed by atoms with Crippen LogP contribution in [0.15, 0.2) is 76.4 Å². The molecule has 4 rings (SSSR count). The molecule has 4 nitrogen and oxygen atoms in total. The van der Waals surface area contributed by atoms with E-state index in [2.05, 4.69) is 0 Å². The smallest absolute Gasteiger partial charge is 0.238 e. The van der Waals surface area contributed by atoms with Crippen molar-refractivity contribution in [2.45, 2.75) is 4.90 Å². The number of rotatable bonds is 3. The molecular weight excluding hydrogens is 449 g/mol. The minimum Gasteiger partial charge on any atom is -0.288 e. The fourth-order valence-electron chi connectivity index (χ4n) is 3.06. The van der Waals surface area contributed by atoms with Crippen molar-refractivity contribution in [1.29, 1.82) is 0 Å². The van der Waals surface area contributed by atoms with Crippen molar-refractivity contribution in [2.24, 2.45) is 5.14 Å². The average molecular weight is 462 g/mol. The van der Waals surface area contributed by atoms with E-state index in [9.17, 15) is 13.2 Å². The predicted molar refractivity (Wildman–Crippen MR) is 120 cm³/mol. The van der Waals surface area contributed by atoms with Crippen LogP contribution in [0.4, 0.5) is 0 Å². The molecule has 0 atom stereocenters. The summed E-state index contributed by atoms with van der Waals surface area (Å²) in [5, 5.41) is 6.53. The van der Waals surface area contributed by atoms with Crippen LogP contribution in [-0.2, 0) is 10.0 Å². The Kier molecular flexibility index (Phi) is 5.23. The minimum absolute atomic E-state index is 0.00507. The molecule has 0 amide bonds.